The second-order valence-electron chi connectivity index (χ2n) is 12.1. The number of benzene rings is 8. The quantitative estimate of drug-likeness (QED) is 0.188. The van der Waals surface area contributed by atoms with Crippen LogP contribution in [0.15, 0.2) is 173 Å². The molecule has 0 saturated heterocycles. The van der Waals surface area contributed by atoms with Crippen molar-refractivity contribution >= 4 is 82.5 Å². The SMILES string of the molecule is c1ccc(-c2cccc(N(c3cccc4c3ccc3ccc5oc6ccccc6c5c34)c3cccc4c3oc3ccccc34)c2)cc1. The van der Waals surface area contributed by atoms with Gasteiger partial charge in [0.1, 0.15) is 16.7 Å². The van der Waals surface area contributed by atoms with Crippen LogP contribution in [-0.2, 0) is 0 Å². The normalized spacial score (nSPS) is 11.8. The van der Waals surface area contributed by atoms with Gasteiger partial charge in [0.05, 0.1) is 11.4 Å². The summed E-state index contributed by atoms with van der Waals surface area (Å²) in [6.07, 6.45) is 0. The van der Waals surface area contributed by atoms with Crippen molar-refractivity contribution in [1.82, 2.24) is 0 Å². The van der Waals surface area contributed by atoms with Gasteiger partial charge in [-0.1, -0.05) is 121 Å². The van der Waals surface area contributed by atoms with Crippen molar-refractivity contribution < 1.29 is 8.83 Å². The van der Waals surface area contributed by atoms with E-state index in [2.05, 4.69) is 144 Å². The number of anilines is 3. The molecular weight excluding hydrogens is 574 g/mol. The largest absolute Gasteiger partial charge is 0.456 e. The third-order valence-electron chi connectivity index (χ3n) is 9.43. The Morgan fingerprint density at radius 1 is 0.362 bits per heavy atom. The Bertz CT molecular complexity index is 2810. The lowest BCUT2D eigenvalue weighted by atomic mass is 9.96. The third kappa shape index (κ3) is 3.93. The van der Waals surface area contributed by atoms with Crippen LogP contribution < -0.4 is 4.90 Å². The summed E-state index contributed by atoms with van der Waals surface area (Å²) in [7, 11) is 0. The Labute approximate surface area is 270 Å². The average Bonchev–Trinajstić information content (AvgIpc) is 3.71. The summed E-state index contributed by atoms with van der Waals surface area (Å²) in [4.78, 5) is 2.36. The molecule has 0 N–H and O–H groups in total. The molecule has 2 heterocycles. The minimum Gasteiger partial charge on any atom is -0.456 e. The van der Waals surface area contributed by atoms with Gasteiger partial charge in [-0.05, 0) is 64.4 Å². The smallest absolute Gasteiger partial charge is 0.159 e. The van der Waals surface area contributed by atoms with Crippen LogP contribution in [0.25, 0.3) is 76.5 Å². The Morgan fingerprint density at radius 2 is 1.02 bits per heavy atom. The van der Waals surface area contributed by atoms with E-state index in [1.165, 1.54) is 21.7 Å². The molecule has 2 aromatic heterocycles. The van der Waals surface area contributed by atoms with Crippen molar-refractivity contribution in [2.24, 2.45) is 0 Å². The predicted octanol–water partition coefficient (Wildman–Crippen LogP) is 12.9. The molecule has 3 heteroatoms. The lowest BCUT2D eigenvalue weighted by Gasteiger charge is -2.27. The number of fused-ring (bicyclic) bond motifs is 10. The first-order valence-corrected chi connectivity index (χ1v) is 15.9. The number of hydrogen-bond acceptors (Lipinski definition) is 3. The van der Waals surface area contributed by atoms with Crippen molar-refractivity contribution in [1.29, 1.82) is 0 Å². The monoisotopic (exact) mass is 601 g/mol. The molecule has 0 amide bonds. The zero-order valence-electron chi connectivity index (χ0n) is 25.4. The number of nitrogens with zero attached hydrogens (tertiary/aromatic N) is 1. The number of hydrogen-bond donors (Lipinski definition) is 0. The molecule has 0 saturated carbocycles. The highest BCUT2D eigenvalue weighted by molar-refractivity contribution is 6.28. The lowest BCUT2D eigenvalue weighted by molar-refractivity contribution is 0.669. The standard InChI is InChI=1S/C44H27NO2/c1-2-11-28(12-3-1)30-13-8-14-31(27-30)45(38-20-10-18-35-33-15-4-6-21-39(33)47-44(35)38)37-19-9-17-34-32(37)25-23-29-24-26-41-43(42(29)34)36-16-5-7-22-40(36)46-41/h1-27H. The van der Waals surface area contributed by atoms with Gasteiger partial charge in [-0.3, -0.25) is 0 Å². The molecule has 8 aromatic carbocycles. The van der Waals surface area contributed by atoms with Crippen molar-refractivity contribution in [3.8, 4) is 11.1 Å². The molecule has 10 aromatic rings. The maximum absolute atomic E-state index is 6.65. The summed E-state index contributed by atoms with van der Waals surface area (Å²) in [6.45, 7) is 0. The molecule has 3 nitrogen and oxygen atoms in total. The fourth-order valence-electron chi connectivity index (χ4n) is 7.35. The fraction of sp³-hybridized carbons (Fsp3) is 0. The minimum atomic E-state index is 0.861. The Balaban J connectivity index is 1.30. The summed E-state index contributed by atoms with van der Waals surface area (Å²) in [5.41, 5.74) is 8.99. The molecule has 0 atom stereocenters. The van der Waals surface area contributed by atoms with Crippen LogP contribution in [0.3, 0.4) is 0 Å². The van der Waals surface area contributed by atoms with E-state index in [1.807, 2.05) is 24.3 Å². The zero-order valence-corrected chi connectivity index (χ0v) is 25.4. The Morgan fingerprint density at radius 3 is 1.89 bits per heavy atom. The maximum Gasteiger partial charge on any atom is 0.159 e. The van der Waals surface area contributed by atoms with E-state index in [-0.39, 0.29) is 0 Å². The lowest BCUT2D eigenvalue weighted by Crippen LogP contribution is -2.11. The second kappa shape index (κ2) is 10.1. The molecular formula is C44H27NO2. The van der Waals surface area contributed by atoms with Crippen LogP contribution in [0.1, 0.15) is 0 Å². The Kier molecular flexibility index (Phi) is 5.57. The summed E-state index contributed by atoms with van der Waals surface area (Å²) >= 11 is 0. The average molecular weight is 602 g/mol. The van der Waals surface area contributed by atoms with Crippen molar-refractivity contribution in [3.63, 3.8) is 0 Å². The first-order valence-electron chi connectivity index (χ1n) is 15.9. The molecule has 10 rings (SSSR count). The molecule has 0 aliphatic rings. The van der Waals surface area contributed by atoms with E-state index in [0.717, 1.165) is 71.9 Å². The molecule has 0 fully saturated rings. The maximum atomic E-state index is 6.65. The highest BCUT2D eigenvalue weighted by Crippen LogP contribution is 2.47. The van der Waals surface area contributed by atoms with Crippen LogP contribution in [0.5, 0.6) is 0 Å². The number of rotatable bonds is 4. The van der Waals surface area contributed by atoms with Crippen molar-refractivity contribution in [2.75, 3.05) is 4.90 Å². The van der Waals surface area contributed by atoms with E-state index in [1.54, 1.807) is 0 Å². The van der Waals surface area contributed by atoms with Gasteiger partial charge in [0, 0.05) is 38.0 Å². The molecule has 0 aliphatic carbocycles. The Hall–Kier alpha value is -6.32. The molecule has 0 radical (unpaired) electrons. The summed E-state index contributed by atoms with van der Waals surface area (Å²) in [6, 6.07) is 57.8. The highest BCUT2D eigenvalue weighted by Gasteiger charge is 2.22. The summed E-state index contributed by atoms with van der Waals surface area (Å²) in [5, 5.41) is 9.20. The topological polar surface area (TPSA) is 29.5 Å². The van der Waals surface area contributed by atoms with Crippen LogP contribution in [0, 0.1) is 0 Å². The molecule has 220 valence electrons. The van der Waals surface area contributed by atoms with E-state index in [9.17, 15) is 0 Å². The van der Waals surface area contributed by atoms with Gasteiger partial charge in [-0.25, -0.2) is 0 Å². The van der Waals surface area contributed by atoms with Gasteiger partial charge in [0.15, 0.2) is 5.58 Å². The predicted molar refractivity (Wildman–Crippen MR) is 196 cm³/mol. The van der Waals surface area contributed by atoms with Crippen LogP contribution in [-0.4, -0.2) is 0 Å². The minimum absolute atomic E-state index is 0.861. The number of para-hydroxylation sites is 3. The first-order chi connectivity index (χ1) is 23.3. The van der Waals surface area contributed by atoms with E-state index in [0.29, 0.717) is 0 Å². The molecule has 0 spiro atoms. The summed E-state index contributed by atoms with van der Waals surface area (Å²) in [5.74, 6) is 0. The summed E-state index contributed by atoms with van der Waals surface area (Å²) < 4.78 is 13.0. The fourth-order valence-corrected chi connectivity index (χ4v) is 7.35. The van der Waals surface area contributed by atoms with Gasteiger partial charge >= 0.3 is 0 Å². The molecule has 47 heavy (non-hydrogen) atoms. The van der Waals surface area contributed by atoms with Crippen LogP contribution >= 0.6 is 0 Å². The van der Waals surface area contributed by atoms with Gasteiger partial charge in [0.25, 0.3) is 0 Å². The van der Waals surface area contributed by atoms with Crippen LogP contribution in [0.4, 0.5) is 17.1 Å². The van der Waals surface area contributed by atoms with E-state index < -0.39 is 0 Å². The van der Waals surface area contributed by atoms with Gasteiger partial charge in [-0.15, -0.1) is 0 Å². The van der Waals surface area contributed by atoms with E-state index in [4.69, 9.17) is 8.83 Å². The van der Waals surface area contributed by atoms with Crippen LogP contribution in [0.2, 0.25) is 0 Å². The van der Waals surface area contributed by atoms with Gasteiger partial charge in [0.2, 0.25) is 0 Å². The molecule has 0 unspecified atom stereocenters. The highest BCUT2D eigenvalue weighted by atomic mass is 16.3. The van der Waals surface area contributed by atoms with Crippen molar-refractivity contribution in [3.05, 3.63) is 164 Å². The van der Waals surface area contributed by atoms with E-state index >= 15 is 0 Å². The third-order valence-corrected chi connectivity index (χ3v) is 9.43. The second-order valence-corrected chi connectivity index (χ2v) is 12.1. The zero-order chi connectivity index (χ0) is 30.9. The molecule has 0 aliphatic heterocycles. The van der Waals surface area contributed by atoms with Crippen molar-refractivity contribution in [2.45, 2.75) is 0 Å². The number of furan rings is 2. The molecule has 0 bridgehead atoms. The van der Waals surface area contributed by atoms with Gasteiger partial charge in [-0.2, -0.15) is 0 Å². The first kappa shape index (κ1) is 26.0. The van der Waals surface area contributed by atoms with Gasteiger partial charge < -0.3 is 13.7 Å².